The largest absolute Gasteiger partial charge is 0.320 e. The second-order valence-electron chi connectivity index (χ2n) is 6.02. The smallest absolute Gasteiger partial charge is 0.294 e. The van der Waals surface area contributed by atoms with Crippen LogP contribution in [0.3, 0.4) is 0 Å². The van der Waals surface area contributed by atoms with E-state index in [0.717, 1.165) is 17.8 Å². The maximum absolute atomic E-state index is 12.8. The first kappa shape index (κ1) is 21.8. The van der Waals surface area contributed by atoms with Crippen molar-refractivity contribution in [2.24, 2.45) is 0 Å². The first-order valence-corrected chi connectivity index (χ1v) is 10.2. The van der Waals surface area contributed by atoms with Crippen LogP contribution in [0.25, 0.3) is 10.9 Å². The molecule has 0 aliphatic heterocycles. The zero-order chi connectivity index (χ0) is 21.8. The van der Waals surface area contributed by atoms with Gasteiger partial charge in [0.2, 0.25) is 5.91 Å². The molecule has 0 unspecified atom stereocenters. The molecule has 1 N–H and O–H groups in total. The maximum atomic E-state index is 12.8. The maximum Gasteiger partial charge on any atom is 0.294 e. The van der Waals surface area contributed by atoms with Gasteiger partial charge in [0.25, 0.3) is 11.2 Å². The minimum atomic E-state index is -0.634. The standard InChI is InChI=1S/C19H14Cl2N4O4S/c1-2-7-24-18(27)13-5-3-11(20)8-15(13)23-19(24)30-10-17(26)22-14-6-4-12(21)9-16(14)25(28)29/h2-6,8-9H,1,7,10H2,(H,22,26). The summed E-state index contributed by atoms with van der Waals surface area (Å²) in [6.07, 6.45) is 1.55. The zero-order valence-corrected chi connectivity index (χ0v) is 17.6. The van der Waals surface area contributed by atoms with Gasteiger partial charge in [-0.1, -0.05) is 41.0 Å². The summed E-state index contributed by atoms with van der Waals surface area (Å²) in [5, 5.41) is 15.0. The number of fused-ring (bicyclic) bond motifs is 1. The molecule has 0 bridgehead atoms. The molecule has 3 rings (SSSR count). The first-order chi connectivity index (χ1) is 14.3. The van der Waals surface area contributed by atoms with E-state index in [1.54, 1.807) is 24.3 Å². The van der Waals surface area contributed by atoms with Crippen LogP contribution in [0.1, 0.15) is 0 Å². The van der Waals surface area contributed by atoms with Crippen molar-refractivity contribution in [3.8, 4) is 0 Å². The van der Waals surface area contributed by atoms with Crippen LogP contribution < -0.4 is 10.9 Å². The Hall–Kier alpha value is -2.88. The van der Waals surface area contributed by atoms with Crippen molar-refractivity contribution in [2.45, 2.75) is 11.7 Å². The molecule has 1 aromatic heterocycles. The Labute approximate surface area is 184 Å². The van der Waals surface area contributed by atoms with Crippen molar-refractivity contribution in [3.05, 3.63) is 79.6 Å². The van der Waals surface area contributed by atoms with Gasteiger partial charge in [0.1, 0.15) is 5.69 Å². The second kappa shape index (κ2) is 9.29. The molecule has 0 saturated carbocycles. The Balaban J connectivity index is 1.85. The van der Waals surface area contributed by atoms with Crippen LogP contribution in [0, 0.1) is 10.1 Å². The lowest BCUT2D eigenvalue weighted by atomic mass is 10.2. The second-order valence-corrected chi connectivity index (χ2v) is 7.83. The van der Waals surface area contributed by atoms with Crippen molar-refractivity contribution < 1.29 is 9.72 Å². The summed E-state index contributed by atoms with van der Waals surface area (Å²) in [5.41, 5.74) is -0.170. The molecule has 30 heavy (non-hydrogen) atoms. The van der Waals surface area contributed by atoms with Crippen LogP contribution in [0.4, 0.5) is 11.4 Å². The van der Waals surface area contributed by atoms with Crippen LogP contribution in [0.5, 0.6) is 0 Å². The van der Waals surface area contributed by atoms with Crippen LogP contribution in [-0.4, -0.2) is 26.1 Å². The topological polar surface area (TPSA) is 107 Å². The van der Waals surface area contributed by atoms with Crippen LogP contribution in [0.2, 0.25) is 10.0 Å². The number of thioether (sulfide) groups is 1. The van der Waals surface area contributed by atoms with Crippen LogP contribution in [0.15, 0.2) is 59.0 Å². The monoisotopic (exact) mass is 464 g/mol. The number of nitrogens with zero attached hydrogens (tertiary/aromatic N) is 3. The fourth-order valence-corrected chi connectivity index (χ4v) is 3.79. The highest BCUT2D eigenvalue weighted by Gasteiger charge is 2.18. The fraction of sp³-hybridized carbons (Fsp3) is 0.105. The van der Waals surface area contributed by atoms with E-state index in [1.165, 1.54) is 16.7 Å². The van der Waals surface area contributed by atoms with Gasteiger partial charge in [-0.2, -0.15) is 0 Å². The number of anilines is 1. The Morgan fingerprint density at radius 3 is 2.67 bits per heavy atom. The molecule has 0 spiro atoms. The number of nitrogens with one attached hydrogen (secondary N) is 1. The number of benzene rings is 2. The number of nitro benzene ring substituents is 1. The van der Waals surface area contributed by atoms with E-state index >= 15 is 0 Å². The lowest BCUT2D eigenvalue weighted by Crippen LogP contribution is -2.24. The number of hydrogen-bond acceptors (Lipinski definition) is 6. The summed E-state index contributed by atoms with van der Waals surface area (Å²) in [7, 11) is 0. The summed E-state index contributed by atoms with van der Waals surface area (Å²) in [6.45, 7) is 3.85. The predicted octanol–water partition coefficient (Wildman–Crippen LogP) is 4.53. The number of halogens is 2. The molecule has 2 aromatic carbocycles. The highest BCUT2D eigenvalue weighted by atomic mass is 35.5. The average Bonchev–Trinajstić information content (AvgIpc) is 2.70. The molecule has 3 aromatic rings. The van der Waals surface area contributed by atoms with E-state index in [9.17, 15) is 19.7 Å². The highest BCUT2D eigenvalue weighted by Crippen LogP contribution is 2.28. The Bertz CT molecular complexity index is 1230. The Morgan fingerprint density at radius 2 is 1.97 bits per heavy atom. The lowest BCUT2D eigenvalue weighted by molar-refractivity contribution is -0.383. The summed E-state index contributed by atoms with van der Waals surface area (Å²) >= 11 is 12.8. The number of carbonyl (C=O) groups is 1. The molecule has 8 nitrogen and oxygen atoms in total. The predicted molar refractivity (Wildman–Crippen MR) is 119 cm³/mol. The van der Waals surface area contributed by atoms with Crippen molar-refractivity contribution >= 4 is 63.1 Å². The van der Waals surface area contributed by atoms with E-state index in [-0.39, 0.29) is 34.3 Å². The SMILES string of the molecule is C=CCn1c(SCC(=O)Nc2ccc(Cl)cc2[N+](=O)[O-])nc2cc(Cl)ccc2c1=O. The van der Waals surface area contributed by atoms with Gasteiger partial charge in [-0.05, 0) is 30.3 Å². The summed E-state index contributed by atoms with van der Waals surface area (Å²) in [4.78, 5) is 40.1. The normalized spacial score (nSPS) is 10.7. The third-order valence-electron chi connectivity index (χ3n) is 3.96. The molecule has 0 aliphatic carbocycles. The zero-order valence-electron chi connectivity index (χ0n) is 15.3. The molecule has 0 atom stereocenters. The van der Waals surface area contributed by atoms with Crippen molar-refractivity contribution in [2.75, 3.05) is 11.1 Å². The minimum Gasteiger partial charge on any atom is -0.320 e. The van der Waals surface area contributed by atoms with Crippen molar-refractivity contribution in [1.29, 1.82) is 0 Å². The molecular weight excluding hydrogens is 451 g/mol. The number of allylic oxidation sites excluding steroid dienone is 1. The summed E-state index contributed by atoms with van der Waals surface area (Å²) in [6, 6.07) is 8.71. The van der Waals surface area contributed by atoms with Gasteiger partial charge in [-0.25, -0.2) is 4.98 Å². The third kappa shape index (κ3) is 4.81. The Morgan fingerprint density at radius 1 is 1.27 bits per heavy atom. The quantitative estimate of drug-likeness (QED) is 0.181. The van der Waals surface area contributed by atoms with Gasteiger partial charge in [0.15, 0.2) is 5.16 Å². The molecule has 1 amide bonds. The number of rotatable bonds is 7. The fourth-order valence-electron chi connectivity index (χ4n) is 2.65. The van der Waals surface area contributed by atoms with Crippen LogP contribution in [-0.2, 0) is 11.3 Å². The van der Waals surface area contributed by atoms with Crippen molar-refractivity contribution in [3.63, 3.8) is 0 Å². The summed E-state index contributed by atoms with van der Waals surface area (Å²) in [5.74, 6) is -0.633. The van der Waals surface area contributed by atoms with E-state index < -0.39 is 10.8 Å². The van der Waals surface area contributed by atoms with Gasteiger partial charge in [0, 0.05) is 22.7 Å². The number of hydrogen-bond donors (Lipinski definition) is 1. The molecule has 11 heteroatoms. The summed E-state index contributed by atoms with van der Waals surface area (Å²) < 4.78 is 1.39. The number of carbonyl (C=O) groups excluding carboxylic acids is 1. The minimum absolute atomic E-state index is 0.0248. The number of amides is 1. The first-order valence-electron chi connectivity index (χ1n) is 8.47. The van der Waals surface area contributed by atoms with Crippen molar-refractivity contribution in [1.82, 2.24) is 9.55 Å². The van der Waals surface area contributed by atoms with Gasteiger partial charge < -0.3 is 5.32 Å². The van der Waals surface area contributed by atoms with E-state index in [1.807, 2.05) is 0 Å². The molecule has 0 aliphatic rings. The highest BCUT2D eigenvalue weighted by molar-refractivity contribution is 7.99. The molecule has 0 fully saturated rings. The van der Waals surface area contributed by atoms with Crippen LogP contribution >= 0.6 is 35.0 Å². The van der Waals surface area contributed by atoms with Gasteiger partial charge in [0.05, 0.1) is 21.6 Å². The average molecular weight is 465 g/mol. The molecule has 0 radical (unpaired) electrons. The van der Waals surface area contributed by atoms with Gasteiger partial charge in [-0.3, -0.25) is 24.3 Å². The van der Waals surface area contributed by atoms with E-state index in [4.69, 9.17) is 23.2 Å². The Kier molecular flexibility index (Phi) is 6.76. The van der Waals surface area contributed by atoms with Gasteiger partial charge in [-0.15, -0.1) is 6.58 Å². The lowest BCUT2D eigenvalue weighted by Gasteiger charge is -2.12. The van der Waals surface area contributed by atoms with E-state index in [0.29, 0.717) is 21.1 Å². The molecular formula is C19H14Cl2N4O4S. The van der Waals surface area contributed by atoms with Gasteiger partial charge >= 0.3 is 0 Å². The van der Waals surface area contributed by atoms with E-state index in [2.05, 4.69) is 16.9 Å². The number of aromatic nitrogens is 2. The molecule has 154 valence electrons. The molecule has 1 heterocycles. The number of nitro groups is 1. The third-order valence-corrected chi connectivity index (χ3v) is 5.40. The molecule has 0 saturated heterocycles.